The summed E-state index contributed by atoms with van der Waals surface area (Å²) in [5.74, 6) is 2.31. The van der Waals surface area contributed by atoms with E-state index in [9.17, 15) is 9.90 Å². The van der Waals surface area contributed by atoms with Crippen molar-refractivity contribution < 1.29 is 24.1 Å². The van der Waals surface area contributed by atoms with Gasteiger partial charge in [0.15, 0.2) is 11.5 Å². The molecular formula is C24H20N2O5. The van der Waals surface area contributed by atoms with Crippen molar-refractivity contribution in [1.29, 1.82) is 0 Å². The molecule has 0 saturated heterocycles. The Morgan fingerprint density at radius 3 is 2.13 bits per heavy atom. The number of para-hydroxylation sites is 1. The van der Waals surface area contributed by atoms with Gasteiger partial charge < -0.3 is 19.3 Å². The third-order valence-electron chi connectivity index (χ3n) is 4.74. The van der Waals surface area contributed by atoms with Gasteiger partial charge in [-0.3, -0.25) is 4.98 Å². The average molecular weight is 416 g/mol. The van der Waals surface area contributed by atoms with Gasteiger partial charge in [-0.15, -0.1) is 0 Å². The summed E-state index contributed by atoms with van der Waals surface area (Å²) in [5, 5.41) is 10.4. The first-order valence-electron chi connectivity index (χ1n) is 9.47. The van der Waals surface area contributed by atoms with Crippen LogP contribution in [0.5, 0.6) is 23.0 Å². The van der Waals surface area contributed by atoms with E-state index in [2.05, 4.69) is 4.98 Å². The Bertz CT molecular complexity index is 1210. The van der Waals surface area contributed by atoms with Gasteiger partial charge in [-0.05, 0) is 48.5 Å². The maximum absolute atomic E-state index is 11.8. The van der Waals surface area contributed by atoms with Crippen molar-refractivity contribution in [1.82, 2.24) is 4.98 Å². The summed E-state index contributed by atoms with van der Waals surface area (Å²) in [4.78, 5) is 17.4. The summed E-state index contributed by atoms with van der Waals surface area (Å²) in [6.07, 6.45) is 0.584. The number of ether oxygens (including phenoxy) is 3. The van der Waals surface area contributed by atoms with Gasteiger partial charge in [0.05, 0.1) is 31.1 Å². The number of hydrogen-bond acceptors (Lipinski definition) is 5. The lowest BCUT2D eigenvalue weighted by Crippen LogP contribution is -2.23. The number of hydrogen-bond donors (Lipinski definition) is 1. The Morgan fingerprint density at radius 1 is 0.839 bits per heavy atom. The second-order valence-corrected chi connectivity index (χ2v) is 6.58. The van der Waals surface area contributed by atoms with Crippen molar-refractivity contribution in [3.05, 3.63) is 79.0 Å². The normalized spacial score (nSPS) is 10.5. The molecule has 4 aromatic rings. The highest BCUT2D eigenvalue weighted by molar-refractivity contribution is 5.94. The molecule has 0 aliphatic heterocycles. The van der Waals surface area contributed by atoms with Crippen LogP contribution < -0.4 is 19.1 Å². The van der Waals surface area contributed by atoms with E-state index >= 15 is 0 Å². The molecule has 0 aliphatic rings. The Morgan fingerprint density at radius 2 is 1.48 bits per heavy atom. The molecule has 1 aromatic heterocycles. The van der Waals surface area contributed by atoms with Crippen LogP contribution in [0.3, 0.4) is 0 Å². The fourth-order valence-corrected chi connectivity index (χ4v) is 3.27. The molecule has 1 N–H and O–H groups in total. The first-order chi connectivity index (χ1) is 15.1. The molecule has 31 heavy (non-hydrogen) atoms. The van der Waals surface area contributed by atoms with Gasteiger partial charge in [0.1, 0.15) is 11.5 Å². The number of pyridine rings is 1. The van der Waals surface area contributed by atoms with Crippen molar-refractivity contribution in [2.75, 3.05) is 19.1 Å². The number of amides is 1. The van der Waals surface area contributed by atoms with E-state index in [-0.39, 0.29) is 0 Å². The topological polar surface area (TPSA) is 81.1 Å². The Labute approximate surface area is 179 Å². The third kappa shape index (κ3) is 4.06. The number of benzene rings is 3. The molecule has 4 rings (SSSR count). The van der Waals surface area contributed by atoms with Gasteiger partial charge in [-0.1, -0.05) is 18.2 Å². The molecule has 0 bridgehead atoms. The van der Waals surface area contributed by atoms with Crippen LogP contribution in [0.4, 0.5) is 16.2 Å². The number of anilines is 2. The minimum Gasteiger partial charge on any atom is -0.493 e. The zero-order valence-corrected chi connectivity index (χ0v) is 17.0. The van der Waals surface area contributed by atoms with Crippen molar-refractivity contribution in [2.24, 2.45) is 0 Å². The van der Waals surface area contributed by atoms with Crippen LogP contribution in [0.25, 0.3) is 10.9 Å². The quantitative estimate of drug-likeness (QED) is 0.424. The van der Waals surface area contributed by atoms with Crippen LogP contribution >= 0.6 is 0 Å². The van der Waals surface area contributed by atoms with Gasteiger partial charge in [-0.2, -0.15) is 0 Å². The summed E-state index contributed by atoms with van der Waals surface area (Å²) in [5.41, 5.74) is 1.77. The van der Waals surface area contributed by atoms with Gasteiger partial charge in [0, 0.05) is 17.6 Å². The number of aromatic nitrogens is 1. The highest BCUT2D eigenvalue weighted by Crippen LogP contribution is 2.37. The monoisotopic (exact) mass is 416 g/mol. The lowest BCUT2D eigenvalue weighted by Gasteiger charge is -2.19. The van der Waals surface area contributed by atoms with Crippen molar-refractivity contribution >= 4 is 28.4 Å². The molecule has 1 amide bonds. The van der Waals surface area contributed by atoms with Crippen LogP contribution in [-0.2, 0) is 0 Å². The molecule has 0 spiro atoms. The summed E-state index contributed by atoms with van der Waals surface area (Å²) in [6, 6.07) is 21.1. The molecule has 1 heterocycles. The molecule has 0 unspecified atom stereocenters. The minimum atomic E-state index is -1.07. The molecule has 0 fully saturated rings. The molecule has 0 saturated carbocycles. The third-order valence-corrected chi connectivity index (χ3v) is 4.74. The fourth-order valence-electron chi connectivity index (χ4n) is 3.27. The molecule has 0 atom stereocenters. The second-order valence-electron chi connectivity index (χ2n) is 6.58. The fraction of sp³-hybridized carbons (Fsp3) is 0.0833. The van der Waals surface area contributed by atoms with E-state index in [0.29, 0.717) is 39.9 Å². The molecule has 0 radical (unpaired) electrons. The smallest absolute Gasteiger partial charge is 0.416 e. The summed E-state index contributed by atoms with van der Waals surface area (Å²) in [7, 11) is 3.14. The number of fused-ring (bicyclic) bond motifs is 1. The first-order valence-corrected chi connectivity index (χ1v) is 9.47. The van der Waals surface area contributed by atoms with Crippen LogP contribution in [0.15, 0.2) is 79.0 Å². The minimum absolute atomic E-state index is 0.511. The summed E-state index contributed by atoms with van der Waals surface area (Å²) in [6.45, 7) is 0. The lowest BCUT2D eigenvalue weighted by molar-refractivity contribution is 0.205. The zero-order valence-electron chi connectivity index (χ0n) is 17.0. The Kier molecular flexibility index (Phi) is 5.57. The number of carbonyl (C=O) groups is 1. The molecule has 0 aliphatic carbocycles. The van der Waals surface area contributed by atoms with Crippen molar-refractivity contribution in [3.8, 4) is 23.0 Å². The number of rotatable bonds is 6. The predicted octanol–water partition coefficient (Wildman–Crippen LogP) is 5.86. The lowest BCUT2D eigenvalue weighted by atomic mass is 10.1. The SMILES string of the molecule is COc1cc2nccc(Oc3ccc(N(C(=O)O)c4ccccc4)cc3)c2cc1OC. The van der Waals surface area contributed by atoms with E-state index < -0.39 is 6.09 Å². The number of carboxylic acid groups (broad SMARTS) is 1. The van der Waals surface area contributed by atoms with Crippen molar-refractivity contribution in [3.63, 3.8) is 0 Å². The Hall–Kier alpha value is -4.26. The second kappa shape index (κ2) is 8.62. The molecule has 156 valence electrons. The highest BCUT2D eigenvalue weighted by atomic mass is 16.5. The van der Waals surface area contributed by atoms with E-state index in [0.717, 1.165) is 5.39 Å². The van der Waals surface area contributed by atoms with Crippen LogP contribution in [-0.4, -0.2) is 30.4 Å². The van der Waals surface area contributed by atoms with E-state index in [1.54, 1.807) is 81.1 Å². The van der Waals surface area contributed by atoms with Gasteiger partial charge >= 0.3 is 6.09 Å². The van der Waals surface area contributed by atoms with Crippen LogP contribution in [0.2, 0.25) is 0 Å². The highest BCUT2D eigenvalue weighted by Gasteiger charge is 2.17. The number of methoxy groups -OCH3 is 2. The van der Waals surface area contributed by atoms with E-state index in [4.69, 9.17) is 14.2 Å². The maximum atomic E-state index is 11.8. The van der Waals surface area contributed by atoms with Crippen LogP contribution in [0, 0.1) is 0 Å². The zero-order chi connectivity index (χ0) is 21.8. The van der Waals surface area contributed by atoms with E-state index in [1.807, 2.05) is 12.1 Å². The molecule has 3 aromatic carbocycles. The average Bonchev–Trinajstić information content (AvgIpc) is 2.80. The Balaban J connectivity index is 1.65. The molecular weight excluding hydrogens is 396 g/mol. The van der Waals surface area contributed by atoms with Crippen molar-refractivity contribution in [2.45, 2.75) is 0 Å². The number of nitrogens with zero attached hydrogens (tertiary/aromatic N) is 2. The molecule has 7 heteroatoms. The maximum Gasteiger partial charge on any atom is 0.416 e. The van der Waals surface area contributed by atoms with Crippen LogP contribution in [0.1, 0.15) is 0 Å². The molecule has 7 nitrogen and oxygen atoms in total. The largest absolute Gasteiger partial charge is 0.493 e. The van der Waals surface area contributed by atoms with E-state index in [1.165, 1.54) is 4.90 Å². The first kappa shape index (κ1) is 20.0. The summed E-state index contributed by atoms with van der Waals surface area (Å²) < 4.78 is 16.8. The van der Waals surface area contributed by atoms with Gasteiger partial charge in [0.25, 0.3) is 0 Å². The summed E-state index contributed by atoms with van der Waals surface area (Å²) >= 11 is 0. The van der Waals surface area contributed by atoms with Gasteiger partial charge in [-0.25, -0.2) is 9.69 Å². The standard InChI is InChI=1S/C24H20N2O5/c1-29-22-14-19-20(15-23(22)30-2)25-13-12-21(19)31-18-10-8-17(9-11-18)26(24(27)28)16-6-4-3-5-7-16/h3-15H,1-2H3,(H,27,28). The predicted molar refractivity (Wildman–Crippen MR) is 118 cm³/mol. The van der Waals surface area contributed by atoms with Gasteiger partial charge in [0.2, 0.25) is 0 Å².